The molecule has 0 spiro atoms. The van der Waals surface area contributed by atoms with E-state index in [0.717, 1.165) is 12.2 Å². The summed E-state index contributed by atoms with van der Waals surface area (Å²) in [5.74, 6) is -0.367. The zero-order chi connectivity index (χ0) is 14.0. The van der Waals surface area contributed by atoms with Crippen LogP contribution in [-0.2, 0) is 4.74 Å². The molecule has 1 fully saturated rings. The highest BCUT2D eigenvalue weighted by atomic mass is 16.5. The van der Waals surface area contributed by atoms with E-state index in [1.165, 1.54) is 0 Å². The Hall–Kier alpha value is -1.75. The van der Waals surface area contributed by atoms with E-state index in [4.69, 9.17) is 10.5 Å². The summed E-state index contributed by atoms with van der Waals surface area (Å²) in [5, 5.41) is 9.97. The average molecular weight is 264 g/mol. The molecule has 0 aliphatic carbocycles. The molecular formula is C14H20N2O3. The van der Waals surface area contributed by atoms with Gasteiger partial charge in [-0.05, 0) is 38.5 Å². The van der Waals surface area contributed by atoms with Crippen LogP contribution in [0.4, 0.5) is 11.4 Å². The Kier molecular flexibility index (Phi) is 3.66. The summed E-state index contributed by atoms with van der Waals surface area (Å²) in [5.41, 5.74) is 7.15. The predicted octanol–water partition coefficient (Wildman–Crippen LogP) is 1.41. The fourth-order valence-corrected chi connectivity index (χ4v) is 2.33. The Bertz CT molecular complexity index is 486. The third kappa shape index (κ3) is 2.98. The molecule has 5 nitrogen and oxygen atoms in total. The number of aliphatic hydroxyl groups is 1. The molecule has 0 radical (unpaired) electrons. The van der Waals surface area contributed by atoms with Gasteiger partial charge in [-0.25, -0.2) is 4.79 Å². The molecule has 0 bridgehead atoms. The first kappa shape index (κ1) is 13.7. The molecule has 1 aliphatic rings. The largest absolute Gasteiger partial charge is 0.462 e. The Morgan fingerprint density at radius 2 is 2.32 bits per heavy atom. The van der Waals surface area contributed by atoms with Gasteiger partial charge in [-0.1, -0.05) is 0 Å². The SMILES string of the molecule is CCOC(=O)c1ccc(N2CCC(C)(O)C2)c(N)c1. The second-order valence-corrected chi connectivity index (χ2v) is 5.16. The van der Waals surface area contributed by atoms with Crippen LogP contribution in [-0.4, -0.2) is 36.4 Å². The molecule has 104 valence electrons. The highest BCUT2D eigenvalue weighted by molar-refractivity contribution is 5.92. The zero-order valence-corrected chi connectivity index (χ0v) is 11.3. The number of esters is 1. The Morgan fingerprint density at radius 1 is 1.58 bits per heavy atom. The summed E-state index contributed by atoms with van der Waals surface area (Å²) < 4.78 is 4.93. The number of carbonyl (C=O) groups is 1. The number of nitrogens with two attached hydrogens (primary N) is 1. The Morgan fingerprint density at radius 3 is 2.84 bits per heavy atom. The van der Waals surface area contributed by atoms with Crippen LogP contribution in [0.1, 0.15) is 30.6 Å². The Labute approximate surface area is 113 Å². The van der Waals surface area contributed by atoms with Crippen molar-refractivity contribution < 1.29 is 14.6 Å². The van der Waals surface area contributed by atoms with Crippen LogP contribution in [0.3, 0.4) is 0 Å². The molecule has 1 heterocycles. The minimum atomic E-state index is -0.674. The third-order valence-electron chi connectivity index (χ3n) is 3.33. The summed E-state index contributed by atoms with van der Waals surface area (Å²) in [7, 11) is 0. The average Bonchev–Trinajstić information content (AvgIpc) is 2.69. The van der Waals surface area contributed by atoms with Crippen LogP contribution in [0.25, 0.3) is 0 Å². The molecule has 1 unspecified atom stereocenters. The topological polar surface area (TPSA) is 75.8 Å². The highest BCUT2D eigenvalue weighted by Crippen LogP contribution is 2.31. The number of carbonyl (C=O) groups excluding carboxylic acids is 1. The highest BCUT2D eigenvalue weighted by Gasteiger charge is 2.32. The second-order valence-electron chi connectivity index (χ2n) is 5.16. The smallest absolute Gasteiger partial charge is 0.338 e. The minimum absolute atomic E-state index is 0.343. The fraction of sp³-hybridized carbons (Fsp3) is 0.500. The van der Waals surface area contributed by atoms with Crippen LogP contribution in [0.2, 0.25) is 0 Å². The summed E-state index contributed by atoms with van der Waals surface area (Å²) >= 11 is 0. The van der Waals surface area contributed by atoms with E-state index in [2.05, 4.69) is 0 Å². The molecule has 0 saturated carbocycles. The van der Waals surface area contributed by atoms with Crippen molar-refractivity contribution in [3.63, 3.8) is 0 Å². The van der Waals surface area contributed by atoms with E-state index in [9.17, 15) is 9.90 Å². The molecule has 0 aromatic heterocycles. The van der Waals surface area contributed by atoms with E-state index >= 15 is 0 Å². The van der Waals surface area contributed by atoms with Gasteiger partial charge in [-0.2, -0.15) is 0 Å². The second kappa shape index (κ2) is 5.09. The van der Waals surface area contributed by atoms with Crippen LogP contribution in [0.5, 0.6) is 0 Å². The lowest BCUT2D eigenvalue weighted by Crippen LogP contribution is -2.30. The molecule has 2 rings (SSSR count). The first-order valence-corrected chi connectivity index (χ1v) is 6.47. The van der Waals surface area contributed by atoms with Gasteiger partial charge in [-0.15, -0.1) is 0 Å². The van der Waals surface area contributed by atoms with Gasteiger partial charge in [0.25, 0.3) is 0 Å². The number of hydrogen-bond donors (Lipinski definition) is 2. The molecule has 1 atom stereocenters. The molecule has 1 aromatic rings. The standard InChI is InChI=1S/C14H20N2O3/c1-3-19-13(17)10-4-5-12(11(15)8-10)16-7-6-14(2,18)9-16/h4-5,8,18H,3,6-7,9,15H2,1-2H3. The number of rotatable bonds is 3. The molecule has 1 saturated heterocycles. The van der Waals surface area contributed by atoms with Crippen molar-refractivity contribution in [3.05, 3.63) is 23.8 Å². The quantitative estimate of drug-likeness (QED) is 0.637. The third-order valence-corrected chi connectivity index (χ3v) is 3.33. The number of benzene rings is 1. The van der Waals surface area contributed by atoms with Crippen molar-refractivity contribution in [3.8, 4) is 0 Å². The van der Waals surface area contributed by atoms with E-state index < -0.39 is 5.60 Å². The van der Waals surface area contributed by atoms with Gasteiger partial charge in [0.05, 0.1) is 29.1 Å². The number of β-amino-alcohol motifs (C(OH)–C–C–N with tert-alkyl or cyclic N) is 1. The summed E-state index contributed by atoms with van der Waals surface area (Å²) in [6.45, 7) is 5.24. The lowest BCUT2D eigenvalue weighted by molar-refractivity contribution is 0.0526. The fourth-order valence-electron chi connectivity index (χ4n) is 2.33. The monoisotopic (exact) mass is 264 g/mol. The van der Waals surface area contributed by atoms with Gasteiger partial charge in [0.1, 0.15) is 0 Å². The van der Waals surface area contributed by atoms with Crippen LogP contribution >= 0.6 is 0 Å². The maximum atomic E-state index is 11.6. The lowest BCUT2D eigenvalue weighted by Gasteiger charge is -2.22. The van der Waals surface area contributed by atoms with Gasteiger partial charge in [0.2, 0.25) is 0 Å². The van der Waals surface area contributed by atoms with Crippen molar-refractivity contribution in [2.24, 2.45) is 0 Å². The Balaban J connectivity index is 2.18. The summed E-state index contributed by atoms with van der Waals surface area (Å²) in [4.78, 5) is 13.6. The van der Waals surface area contributed by atoms with E-state index in [0.29, 0.717) is 30.8 Å². The first-order valence-electron chi connectivity index (χ1n) is 6.47. The maximum absolute atomic E-state index is 11.6. The van der Waals surface area contributed by atoms with Gasteiger partial charge in [-0.3, -0.25) is 0 Å². The van der Waals surface area contributed by atoms with Crippen molar-refractivity contribution in [2.75, 3.05) is 30.3 Å². The van der Waals surface area contributed by atoms with E-state index in [1.807, 2.05) is 17.9 Å². The number of nitrogens with zero attached hydrogens (tertiary/aromatic N) is 1. The number of anilines is 2. The van der Waals surface area contributed by atoms with E-state index in [-0.39, 0.29) is 5.97 Å². The molecule has 3 N–H and O–H groups in total. The predicted molar refractivity (Wildman–Crippen MR) is 74.3 cm³/mol. The first-order chi connectivity index (χ1) is 8.93. The van der Waals surface area contributed by atoms with Gasteiger partial charge in [0, 0.05) is 13.1 Å². The van der Waals surface area contributed by atoms with Gasteiger partial charge in [0.15, 0.2) is 0 Å². The summed E-state index contributed by atoms with van der Waals surface area (Å²) in [6, 6.07) is 5.14. The van der Waals surface area contributed by atoms with Gasteiger partial charge >= 0.3 is 5.97 Å². The van der Waals surface area contributed by atoms with Crippen molar-refractivity contribution >= 4 is 17.3 Å². The van der Waals surface area contributed by atoms with Crippen LogP contribution < -0.4 is 10.6 Å². The number of nitrogen functional groups attached to an aromatic ring is 1. The van der Waals surface area contributed by atoms with E-state index in [1.54, 1.807) is 19.1 Å². The molecule has 1 aliphatic heterocycles. The maximum Gasteiger partial charge on any atom is 0.338 e. The molecular weight excluding hydrogens is 244 g/mol. The zero-order valence-electron chi connectivity index (χ0n) is 11.3. The van der Waals surface area contributed by atoms with Crippen LogP contribution in [0, 0.1) is 0 Å². The lowest BCUT2D eigenvalue weighted by atomic mass is 10.1. The van der Waals surface area contributed by atoms with Crippen LogP contribution in [0.15, 0.2) is 18.2 Å². The molecule has 19 heavy (non-hydrogen) atoms. The van der Waals surface area contributed by atoms with Crippen molar-refractivity contribution in [1.82, 2.24) is 0 Å². The minimum Gasteiger partial charge on any atom is -0.462 e. The number of ether oxygens (including phenoxy) is 1. The molecule has 0 amide bonds. The number of hydrogen-bond acceptors (Lipinski definition) is 5. The normalized spacial score (nSPS) is 22.6. The van der Waals surface area contributed by atoms with Crippen molar-refractivity contribution in [1.29, 1.82) is 0 Å². The molecule has 1 aromatic carbocycles. The van der Waals surface area contributed by atoms with Gasteiger partial charge < -0.3 is 20.5 Å². The molecule has 5 heteroatoms. The van der Waals surface area contributed by atoms with Crippen molar-refractivity contribution in [2.45, 2.75) is 25.9 Å². The summed E-state index contributed by atoms with van der Waals surface area (Å²) in [6.07, 6.45) is 0.714.